The van der Waals surface area contributed by atoms with Crippen LogP contribution in [0.4, 0.5) is 5.69 Å². The fourth-order valence-corrected chi connectivity index (χ4v) is 4.10. The van der Waals surface area contributed by atoms with E-state index in [1.807, 2.05) is 0 Å². The predicted octanol–water partition coefficient (Wildman–Crippen LogP) is 4.39. The lowest BCUT2D eigenvalue weighted by atomic mass is 9.95. The zero-order valence-corrected chi connectivity index (χ0v) is 19.3. The molecule has 1 fully saturated rings. The number of likely N-dealkylation sites (tertiary alicyclic amines) is 1. The molecule has 3 aromatic carbocycles. The van der Waals surface area contributed by atoms with Gasteiger partial charge < -0.3 is 14.7 Å². The van der Waals surface area contributed by atoms with Gasteiger partial charge in [-0.15, -0.1) is 0 Å². The van der Waals surface area contributed by atoms with Gasteiger partial charge in [-0.1, -0.05) is 54.6 Å². The number of non-ortho nitro benzene ring substituents is 1. The van der Waals surface area contributed by atoms with Crippen LogP contribution in [0.1, 0.15) is 40.0 Å². The lowest BCUT2D eigenvalue weighted by Crippen LogP contribution is -2.29. The SMILES string of the molecule is CCOC(=O)c1ccc(CN2C(=O)C(=O)/C(=C(\O)c3cccc([N+](=O)[O-])c3)C2c2ccccc2)cc1. The van der Waals surface area contributed by atoms with Crippen molar-refractivity contribution in [3.63, 3.8) is 0 Å². The molecule has 1 atom stereocenters. The number of benzene rings is 3. The number of esters is 1. The van der Waals surface area contributed by atoms with E-state index in [-0.39, 0.29) is 30.0 Å². The highest BCUT2D eigenvalue weighted by atomic mass is 16.6. The Morgan fingerprint density at radius 3 is 2.33 bits per heavy atom. The number of ether oxygens (including phenoxy) is 1. The Morgan fingerprint density at radius 1 is 1.00 bits per heavy atom. The van der Waals surface area contributed by atoms with E-state index in [2.05, 4.69) is 0 Å². The number of aliphatic hydroxyl groups excluding tert-OH is 1. The third-order valence-corrected chi connectivity index (χ3v) is 5.80. The molecule has 0 aromatic heterocycles. The molecular formula is C27H22N2O7. The van der Waals surface area contributed by atoms with Crippen molar-refractivity contribution in [3.05, 3.63) is 117 Å². The monoisotopic (exact) mass is 486 g/mol. The molecule has 0 spiro atoms. The predicted molar refractivity (Wildman–Crippen MR) is 130 cm³/mol. The first kappa shape index (κ1) is 24.3. The van der Waals surface area contributed by atoms with Crippen molar-refractivity contribution in [2.45, 2.75) is 19.5 Å². The number of ketones is 1. The van der Waals surface area contributed by atoms with Gasteiger partial charge in [-0.3, -0.25) is 19.7 Å². The summed E-state index contributed by atoms with van der Waals surface area (Å²) in [4.78, 5) is 50.1. The second kappa shape index (κ2) is 10.2. The summed E-state index contributed by atoms with van der Waals surface area (Å²) in [6.45, 7) is 1.98. The largest absolute Gasteiger partial charge is 0.507 e. The summed E-state index contributed by atoms with van der Waals surface area (Å²) >= 11 is 0. The van der Waals surface area contributed by atoms with E-state index in [9.17, 15) is 29.6 Å². The molecule has 0 radical (unpaired) electrons. The highest BCUT2D eigenvalue weighted by molar-refractivity contribution is 6.46. The number of hydrogen-bond acceptors (Lipinski definition) is 7. The van der Waals surface area contributed by atoms with E-state index < -0.39 is 34.4 Å². The van der Waals surface area contributed by atoms with Crippen LogP contribution in [0.25, 0.3) is 5.76 Å². The van der Waals surface area contributed by atoms with Gasteiger partial charge in [-0.05, 0) is 30.2 Å². The fourth-order valence-electron chi connectivity index (χ4n) is 4.10. The van der Waals surface area contributed by atoms with Gasteiger partial charge in [0.15, 0.2) is 0 Å². The van der Waals surface area contributed by atoms with Crippen molar-refractivity contribution in [3.8, 4) is 0 Å². The Morgan fingerprint density at radius 2 is 1.69 bits per heavy atom. The van der Waals surface area contributed by atoms with Gasteiger partial charge in [0.1, 0.15) is 5.76 Å². The second-order valence-electron chi connectivity index (χ2n) is 8.06. The van der Waals surface area contributed by atoms with Crippen molar-refractivity contribution in [2.24, 2.45) is 0 Å². The third kappa shape index (κ3) is 4.72. The summed E-state index contributed by atoms with van der Waals surface area (Å²) < 4.78 is 4.99. The standard InChI is InChI=1S/C27H22N2O7/c1-2-36-27(33)19-13-11-17(12-14-19)16-28-23(18-7-4-3-5-8-18)22(25(31)26(28)32)24(30)20-9-6-10-21(15-20)29(34)35/h3-15,23,30H,2,16H2,1H3/b24-22-. The van der Waals surface area contributed by atoms with E-state index in [1.54, 1.807) is 61.5 Å². The van der Waals surface area contributed by atoms with Gasteiger partial charge in [-0.2, -0.15) is 0 Å². The molecule has 0 saturated carbocycles. The lowest BCUT2D eigenvalue weighted by molar-refractivity contribution is -0.384. The maximum absolute atomic E-state index is 13.1. The summed E-state index contributed by atoms with van der Waals surface area (Å²) in [6.07, 6.45) is 0. The number of nitro benzene ring substituents is 1. The van der Waals surface area contributed by atoms with Gasteiger partial charge in [0.25, 0.3) is 17.4 Å². The molecule has 4 rings (SSSR count). The summed E-state index contributed by atoms with van der Waals surface area (Å²) in [7, 11) is 0. The fraction of sp³-hybridized carbons (Fsp3) is 0.148. The first-order valence-electron chi connectivity index (χ1n) is 11.2. The molecule has 36 heavy (non-hydrogen) atoms. The normalized spacial score (nSPS) is 16.7. The van der Waals surface area contributed by atoms with E-state index in [0.717, 1.165) is 6.07 Å². The molecule has 1 aliphatic rings. The molecule has 1 unspecified atom stereocenters. The van der Waals surface area contributed by atoms with E-state index in [4.69, 9.17) is 4.74 Å². The number of nitro groups is 1. The molecule has 1 N–H and O–H groups in total. The van der Waals surface area contributed by atoms with Crippen molar-refractivity contribution in [2.75, 3.05) is 6.61 Å². The summed E-state index contributed by atoms with van der Waals surface area (Å²) in [5, 5.41) is 22.3. The smallest absolute Gasteiger partial charge is 0.338 e. The first-order valence-corrected chi connectivity index (χ1v) is 11.2. The molecule has 0 bridgehead atoms. The molecule has 9 nitrogen and oxygen atoms in total. The number of hydrogen-bond donors (Lipinski definition) is 1. The molecule has 9 heteroatoms. The zero-order valence-electron chi connectivity index (χ0n) is 19.3. The molecule has 1 saturated heterocycles. The Labute approximate surface area is 206 Å². The Balaban J connectivity index is 1.76. The Hall–Kier alpha value is -4.79. The average Bonchev–Trinajstić information content (AvgIpc) is 3.14. The minimum atomic E-state index is -0.921. The quantitative estimate of drug-likeness (QED) is 0.131. The van der Waals surface area contributed by atoms with Crippen LogP contribution in [0.3, 0.4) is 0 Å². The molecular weight excluding hydrogens is 464 g/mol. The Bertz CT molecular complexity index is 1360. The van der Waals surface area contributed by atoms with E-state index in [0.29, 0.717) is 16.7 Å². The molecule has 1 amide bonds. The molecule has 182 valence electrons. The van der Waals surface area contributed by atoms with Crippen LogP contribution in [0.15, 0.2) is 84.4 Å². The summed E-state index contributed by atoms with van der Waals surface area (Å²) in [5.74, 6) is -2.67. The molecule has 1 heterocycles. The van der Waals surface area contributed by atoms with Gasteiger partial charge >= 0.3 is 5.97 Å². The number of amides is 1. The van der Waals surface area contributed by atoms with Gasteiger partial charge in [0.05, 0.1) is 28.7 Å². The first-order chi connectivity index (χ1) is 17.3. The number of nitrogens with zero attached hydrogens (tertiary/aromatic N) is 2. The Kier molecular flexibility index (Phi) is 6.91. The number of carbonyl (C=O) groups excluding carboxylic acids is 3. The van der Waals surface area contributed by atoms with Crippen molar-refractivity contribution in [1.82, 2.24) is 4.90 Å². The van der Waals surface area contributed by atoms with Crippen molar-refractivity contribution in [1.29, 1.82) is 0 Å². The summed E-state index contributed by atoms with van der Waals surface area (Å²) in [5.41, 5.74) is 1.24. The van der Waals surface area contributed by atoms with Crippen molar-refractivity contribution < 1.29 is 29.2 Å². The highest BCUT2D eigenvalue weighted by Crippen LogP contribution is 2.40. The maximum Gasteiger partial charge on any atom is 0.338 e. The minimum Gasteiger partial charge on any atom is -0.507 e. The van der Waals surface area contributed by atoms with Crippen LogP contribution >= 0.6 is 0 Å². The van der Waals surface area contributed by atoms with Gasteiger partial charge in [0, 0.05) is 24.2 Å². The van der Waals surface area contributed by atoms with E-state index >= 15 is 0 Å². The van der Waals surface area contributed by atoms with Crippen LogP contribution in [-0.4, -0.2) is 39.2 Å². The van der Waals surface area contributed by atoms with Crippen LogP contribution < -0.4 is 0 Å². The third-order valence-electron chi connectivity index (χ3n) is 5.80. The van der Waals surface area contributed by atoms with Crippen LogP contribution in [-0.2, 0) is 20.9 Å². The van der Waals surface area contributed by atoms with E-state index in [1.165, 1.54) is 23.1 Å². The number of aliphatic hydroxyl groups is 1. The number of rotatable bonds is 7. The number of carbonyl (C=O) groups is 3. The number of Topliss-reactive ketones (excluding diaryl/α,β-unsaturated/α-hetero) is 1. The highest BCUT2D eigenvalue weighted by Gasteiger charge is 2.46. The molecule has 3 aromatic rings. The molecule has 1 aliphatic heterocycles. The summed E-state index contributed by atoms with van der Waals surface area (Å²) in [6, 6.07) is 19.5. The average molecular weight is 486 g/mol. The molecule has 0 aliphatic carbocycles. The van der Waals surface area contributed by atoms with Crippen LogP contribution in [0.2, 0.25) is 0 Å². The van der Waals surface area contributed by atoms with Gasteiger partial charge in [0.2, 0.25) is 0 Å². The zero-order chi connectivity index (χ0) is 25.8. The lowest BCUT2D eigenvalue weighted by Gasteiger charge is -2.25. The second-order valence-corrected chi connectivity index (χ2v) is 8.06. The maximum atomic E-state index is 13.1. The topological polar surface area (TPSA) is 127 Å². The minimum absolute atomic E-state index is 0.0267. The van der Waals surface area contributed by atoms with Crippen molar-refractivity contribution >= 4 is 29.1 Å². The van der Waals surface area contributed by atoms with Crippen LogP contribution in [0, 0.1) is 10.1 Å². The van der Waals surface area contributed by atoms with Crippen LogP contribution in [0.5, 0.6) is 0 Å². The van der Waals surface area contributed by atoms with Gasteiger partial charge in [-0.25, -0.2) is 4.79 Å².